The topological polar surface area (TPSA) is 137 Å². The Bertz CT molecular complexity index is 1670. The van der Waals surface area contributed by atoms with Crippen molar-refractivity contribution in [2.45, 2.75) is 13.8 Å². The normalized spacial score (nSPS) is 15.9. The second-order valence-corrected chi connectivity index (χ2v) is 10.6. The van der Waals surface area contributed by atoms with Gasteiger partial charge in [0.1, 0.15) is 0 Å². The molecule has 2 aliphatic rings. The van der Waals surface area contributed by atoms with E-state index in [2.05, 4.69) is 5.32 Å². The third-order valence-electron chi connectivity index (χ3n) is 7.72. The first-order valence-electron chi connectivity index (χ1n) is 14.1. The Kier molecular flexibility index (Phi) is 8.59. The van der Waals surface area contributed by atoms with Crippen LogP contribution in [0.25, 0.3) is 11.3 Å². The lowest BCUT2D eigenvalue weighted by atomic mass is 9.96. The van der Waals surface area contributed by atoms with Gasteiger partial charge in [-0.05, 0) is 54.4 Å². The van der Waals surface area contributed by atoms with Gasteiger partial charge in [-0.25, -0.2) is 9.69 Å². The number of benzene rings is 3. The monoisotopic (exact) mass is 596 g/mol. The van der Waals surface area contributed by atoms with Gasteiger partial charge in [0.15, 0.2) is 0 Å². The number of rotatable bonds is 7. The van der Waals surface area contributed by atoms with Crippen molar-refractivity contribution in [2.75, 3.05) is 50.1 Å². The SMILES string of the molecule is COC(=O)c1cc2c(cc1C)/C(=C(/Nc1ccc(C(=O)N3CCN(CC(=O)O)CC3)cc1)c1ccccc1)C(=O)N2C(C)=O. The number of carbonyl (C=O) groups is 5. The zero-order valence-electron chi connectivity index (χ0n) is 24.6. The van der Waals surface area contributed by atoms with E-state index in [1.54, 1.807) is 47.1 Å². The van der Waals surface area contributed by atoms with E-state index in [-0.39, 0.29) is 23.6 Å². The van der Waals surface area contributed by atoms with Gasteiger partial charge in [0, 0.05) is 49.9 Å². The number of hydrogen-bond donors (Lipinski definition) is 2. The molecule has 44 heavy (non-hydrogen) atoms. The highest BCUT2D eigenvalue weighted by Gasteiger charge is 2.39. The van der Waals surface area contributed by atoms with E-state index in [1.165, 1.54) is 20.1 Å². The summed E-state index contributed by atoms with van der Waals surface area (Å²) in [6, 6.07) is 19.3. The van der Waals surface area contributed by atoms with Gasteiger partial charge in [-0.3, -0.25) is 24.1 Å². The fourth-order valence-electron chi connectivity index (χ4n) is 5.51. The highest BCUT2D eigenvalue weighted by molar-refractivity contribution is 6.44. The predicted molar refractivity (Wildman–Crippen MR) is 164 cm³/mol. The smallest absolute Gasteiger partial charge is 0.338 e. The maximum Gasteiger partial charge on any atom is 0.338 e. The maximum absolute atomic E-state index is 13.9. The van der Waals surface area contributed by atoms with Crippen molar-refractivity contribution in [1.82, 2.24) is 9.80 Å². The number of piperazine rings is 1. The molecule has 1 fully saturated rings. The molecule has 3 amide bonds. The number of amides is 3. The van der Waals surface area contributed by atoms with Crippen molar-refractivity contribution in [3.05, 3.63) is 94.5 Å². The van der Waals surface area contributed by atoms with Crippen molar-refractivity contribution in [1.29, 1.82) is 0 Å². The first-order chi connectivity index (χ1) is 21.1. The number of imide groups is 1. The number of carboxylic acid groups (broad SMARTS) is 1. The molecule has 0 aromatic heterocycles. The quantitative estimate of drug-likeness (QED) is 0.310. The number of carboxylic acids is 1. The third kappa shape index (κ3) is 5.95. The van der Waals surface area contributed by atoms with Gasteiger partial charge in [-0.1, -0.05) is 30.3 Å². The highest BCUT2D eigenvalue weighted by atomic mass is 16.5. The molecule has 3 aromatic rings. The van der Waals surface area contributed by atoms with Crippen LogP contribution in [-0.4, -0.2) is 84.4 Å². The number of ether oxygens (including phenoxy) is 1. The first-order valence-corrected chi connectivity index (χ1v) is 14.1. The molecule has 0 spiro atoms. The summed E-state index contributed by atoms with van der Waals surface area (Å²) in [5.41, 5.74) is 4.14. The molecule has 0 unspecified atom stereocenters. The van der Waals surface area contributed by atoms with Gasteiger partial charge in [0.05, 0.1) is 36.2 Å². The van der Waals surface area contributed by atoms with Gasteiger partial charge in [0.2, 0.25) is 5.91 Å². The van der Waals surface area contributed by atoms with Crippen LogP contribution in [0.3, 0.4) is 0 Å². The molecule has 0 radical (unpaired) electrons. The number of fused-ring (bicyclic) bond motifs is 1. The average molecular weight is 597 g/mol. The Hall–Kier alpha value is -5.29. The van der Waals surface area contributed by atoms with Crippen molar-refractivity contribution < 1.29 is 33.8 Å². The van der Waals surface area contributed by atoms with Crippen LogP contribution in [0, 0.1) is 6.92 Å². The maximum atomic E-state index is 13.9. The zero-order chi connectivity index (χ0) is 31.5. The number of esters is 1. The van der Waals surface area contributed by atoms with Gasteiger partial charge in [-0.15, -0.1) is 0 Å². The van der Waals surface area contributed by atoms with Gasteiger partial charge >= 0.3 is 11.9 Å². The minimum Gasteiger partial charge on any atom is -0.480 e. The van der Waals surface area contributed by atoms with Crippen molar-refractivity contribution >= 4 is 52.3 Å². The van der Waals surface area contributed by atoms with Crippen LogP contribution in [0.1, 0.15) is 44.3 Å². The van der Waals surface area contributed by atoms with Crippen LogP contribution in [0.15, 0.2) is 66.7 Å². The Balaban J connectivity index is 1.49. The van der Waals surface area contributed by atoms with Crippen LogP contribution < -0.4 is 10.2 Å². The van der Waals surface area contributed by atoms with Crippen molar-refractivity contribution in [3.63, 3.8) is 0 Å². The summed E-state index contributed by atoms with van der Waals surface area (Å²) in [5, 5.41) is 12.4. The molecular weight excluding hydrogens is 564 g/mol. The molecule has 0 aliphatic carbocycles. The standard InChI is InChI=1S/C33H32N4O7/c1-20-17-26-27(18-25(20)33(43)44-3)37(21(2)38)32(42)29(26)30(22-7-5-4-6-8-22)34-24-11-9-23(10-12-24)31(41)36-15-13-35(14-16-36)19-28(39)40/h4-12,17-18,34H,13-16,19H2,1-3H3,(H,39,40)/b30-29-. The summed E-state index contributed by atoms with van der Waals surface area (Å²) in [4.78, 5) is 67.7. The minimum atomic E-state index is -0.893. The number of aliphatic carboxylic acids is 1. The number of nitrogens with zero attached hydrogens (tertiary/aromatic N) is 3. The van der Waals surface area contributed by atoms with E-state index in [0.29, 0.717) is 65.5 Å². The average Bonchev–Trinajstić information content (AvgIpc) is 3.30. The lowest BCUT2D eigenvalue weighted by Gasteiger charge is -2.33. The fraction of sp³-hybridized carbons (Fsp3) is 0.242. The summed E-state index contributed by atoms with van der Waals surface area (Å²) < 4.78 is 4.90. The van der Waals surface area contributed by atoms with E-state index in [9.17, 15) is 24.0 Å². The summed E-state index contributed by atoms with van der Waals surface area (Å²) >= 11 is 0. The Morgan fingerprint density at radius 2 is 1.57 bits per heavy atom. The van der Waals surface area contributed by atoms with Gasteiger partial charge in [0.25, 0.3) is 11.8 Å². The molecular formula is C33H32N4O7. The molecule has 11 heteroatoms. The molecule has 0 atom stereocenters. The molecule has 0 saturated carbocycles. The van der Waals surface area contributed by atoms with E-state index in [0.717, 1.165) is 4.90 Å². The zero-order valence-corrected chi connectivity index (χ0v) is 24.6. The third-order valence-corrected chi connectivity index (χ3v) is 7.72. The second-order valence-electron chi connectivity index (χ2n) is 10.6. The van der Waals surface area contributed by atoms with Crippen LogP contribution >= 0.6 is 0 Å². The molecule has 226 valence electrons. The van der Waals surface area contributed by atoms with Crippen LogP contribution in [0.2, 0.25) is 0 Å². The summed E-state index contributed by atoms with van der Waals surface area (Å²) in [6.45, 7) is 4.81. The van der Waals surface area contributed by atoms with Crippen molar-refractivity contribution in [2.24, 2.45) is 0 Å². The van der Waals surface area contributed by atoms with E-state index in [4.69, 9.17) is 9.84 Å². The van der Waals surface area contributed by atoms with E-state index >= 15 is 0 Å². The molecule has 5 rings (SSSR count). The Morgan fingerprint density at radius 1 is 0.909 bits per heavy atom. The van der Waals surface area contributed by atoms with Crippen molar-refractivity contribution in [3.8, 4) is 0 Å². The minimum absolute atomic E-state index is 0.0508. The van der Waals surface area contributed by atoms with Crippen LogP contribution in [0.4, 0.5) is 11.4 Å². The van der Waals surface area contributed by atoms with E-state index in [1.807, 2.05) is 30.3 Å². The summed E-state index contributed by atoms with van der Waals surface area (Å²) in [6.07, 6.45) is 0. The first kappa shape index (κ1) is 30.2. The number of methoxy groups -OCH3 is 1. The van der Waals surface area contributed by atoms with Gasteiger partial charge < -0.3 is 20.1 Å². The lowest BCUT2D eigenvalue weighted by molar-refractivity contribution is -0.138. The summed E-state index contributed by atoms with van der Waals surface area (Å²) in [5.74, 6) is -2.64. The molecule has 2 N–H and O–H groups in total. The predicted octanol–water partition coefficient (Wildman–Crippen LogP) is 3.50. The summed E-state index contributed by atoms with van der Waals surface area (Å²) in [7, 11) is 1.27. The number of nitrogens with one attached hydrogen (secondary N) is 1. The second kappa shape index (κ2) is 12.5. The Labute approximate surface area is 254 Å². The van der Waals surface area contributed by atoms with Crippen LogP contribution in [-0.2, 0) is 19.1 Å². The number of hydrogen-bond acceptors (Lipinski definition) is 8. The highest BCUT2D eigenvalue weighted by Crippen LogP contribution is 2.43. The lowest BCUT2D eigenvalue weighted by Crippen LogP contribution is -2.49. The Morgan fingerprint density at radius 3 is 2.16 bits per heavy atom. The number of aryl methyl sites for hydroxylation is 1. The van der Waals surface area contributed by atoms with Gasteiger partial charge in [-0.2, -0.15) is 0 Å². The number of anilines is 2. The molecule has 2 aliphatic heterocycles. The molecule has 1 saturated heterocycles. The molecule has 2 heterocycles. The van der Waals surface area contributed by atoms with Crippen LogP contribution in [0.5, 0.6) is 0 Å². The largest absolute Gasteiger partial charge is 0.480 e. The molecule has 11 nitrogen and oxygen atoms in total. The fourth-order valence-corrected chi connectivity index (χ4v) is 5.51. The molecule has 3 aromatic carbocycles. The van der Waals surface area contributed by atoms with E-state index < -0.39 is 23.8 Å². The number of carbonyl (C=O) groups excluding carboxylic acids is 4. The molecule has 0 bridgehead atoms.